The van der Waals surface area contributed by atoms with E-state index in [0.29, 0.717) is 16.5 Å². The molecule has 0 aliphatic carbocycles. The highest BCUT2D eigenvalue weighted by Gasteiger charge is 2.13. The summed E-state index contributed by atoms with van der Waals surface area (Å²) >= 11 is 0. The van der Waals surface area contributed by atoms with Crippen LogP contribution in [0.4, 0.5) is 5.95 Å². The van der Waals surface area contributed by atoms with Crippen molar-refractivity contribution in [1.29, 1.82) is 0 Å². The van der Waals surface area contributed by atoms with Gasteiger partial charge in [0, 0.05) is 12.4 Å². The zero-order valence-electron chi connectivity index (χ0n) is 11.2. The van der Waals surface area contributed by atoms with Crippen molar-refractivity contribution in [2.24, 2.45) is 7.05 Å². The number of aryl methyl sites for hydroxylation is 1. The van der Waals surface area contributed by atoms with Crippen molar-refractivity contribution in [2.45, 2.75) is 6.42 Å². The number of aromatic nitrogens is 5. The minimum absolute atomic E-state index is 0.0370. The Morgan fingerprint density at radius 2 is 2.10 bits per heavy atom. The summed E-state index contributed by atoms with van der Waals surface area (Å²) in [4.78, 5) is 27.8. The average molecular weight is 284 g/mol. The van der Waals surface area contributed by atoms with Gasteiger partial charge >= 0.3 is 0 Å². The number of hydrogen-bond acceptors (Lipinski definition) is 5. The van der Waals surface area contributed by atoms with Crippen LogP contribution in [-0.2, 0) is 18.3 Å². The molecule has 3 rings (SSSR count). The van der Waals surface area contributed by atoms with Crippen molar-refractivity contribution in [1.82, 2.24) is 25.0 Å². The summed E-state index contributed by atoms with van der Waals surface area (Å²) in [6.07, 6.45) is 1.34. The molecule has 0 unspecified atom stereocenters. The molecule has 0 fully saturated rings. The Morgan fingerprint density at radius 1 is 1.33 bits per heavy atom. The van der Waals surface area contributed by atoms with Crippen LogP contribution in [0.3, 0.4) is 0 Å². The molecule has 8 nitrogen and oxygen atoms in total. The average Bonchev–Trinajstić information content (AvgIpc) is 2.97. The van der Waals surface area contributed by atoms with Gasteiger partial charge < -0.3 is 0 Å². The topological polar surface area (TPSA) is 106 Å². The summed E-state index contributed by atoms with van der Waals surface area (Å²) in [5.74, 6) is -0.0165. The van der Waals surface area contributed by atoms with Crippen molar-refractivity contribution in [3.63, 3.8) is 0 Å². The van der Waals surface area contributed by atoms with Gasteiger partial charge in [0.25, 0.3) is 5.56 Å². The predicted molar refractivity (Wildman–Crippen MR) is 75.7 cm³/mol. The largest absolute Gasteiger partial charge is 0.295 e. The van der Waals surface area contributed by atoms with Gasteiger partial charge in [-0.15, -0.1) is 0 Å². The van der Waals surface area contributed by atoms with Gasteiger partial charge in [0.15, 0.2) is 0 Å². The maximum absolute atomic E-state index is 12.0. The predicted octanol–water partition coefficient (Wildman–Crippen LogP) is 0.233. The zero-order valence-corrected chi connectivity index (χ0v) is 11.2. The molecule has 21 heavy (non-hydrogen) atoms. The first kappa shape index (κ1) is 13.0. The lowest BCUT2D eigenvalue weighted by Gasteiger charge is -2.07. The van der Waals surface area contributed by atoms with Crippen molar-refractivity contribution >= 4 is 22.6 Å². The molecular weight excluding hydrogens is 272 g/mol. The number of aromatic amines is 1. The van der Waals surface area contributed by atoms with E-state index in [1.807, 2.05) is 0 Å². The van der Waals surface area contributed by atoms with E-state index in [9.17, 15) is 9.59 Å². The van der Waals surface area contributed by atoms with Gasteiger partial charge in [-0.3, -0.25) is 14.9 Å². The number of H-pyrrole nitrogens is 1. The number of benzene rings is 1. The molecule has 106 valence electrons. The van der Waals surface area contributed by atoms with Crippen LogP contribution in [-0.4, -0.2) is 30.9 Å². The Morgan fingerprint density at radius 3 is 2.81 bits per heavy atom. The van der Waals surface area contributed by atoms with E-state index in [1.165, 1.54) is 11.0 Å². The van der Waals surface area contributed by atoms with E-state index in [1.54, 1.807) is 31.3 Å². The van der Waals surface area contributed by atoms with Crippen LogP contribution in [0, 0.1) is 0 Å². The molecule has 0 atom stereocenters. The Kier molecular flexibility index (Phi) is 3.19. The molecule has 1 aromatic carbocycles. The van der Waals surface area contributed by atoms with Crippen LogP contribution in [0.1, 0.15) is 5.69 Å². The lowest BCUT2D eigenvalue weighted by atomic mass is 10.1. The molecule has 2 N–H and O–H groups in total. The maximum Gasteiger partial charge on any atom is 0.274 e. The molecular formula is C13H12N6O2. The Hall–Kier alpha value is -3.03. The SMILES string of the molecule is Cn1nc(CC(=O)Nc2ncn[nH]2)c2ccccc2c1=O. The van der Waals surface area contributed by atoms with E-state index >= 15 is 0 Å². The molecule has 0 radical (unpaired) electrons. The smallest absolute Gasteiger partial charge is 0.274 e. The molecule has 0 aliphatic rings. The standard InChI is InChI=1S/C13H12N6O2/c1-19-12(21)9-5-3-2-4-8(9)10(18-19)6-11(20)16-13-14-7-15-17-13/h2-5,7H,6H2,1H3,(H2,14,15,16,17,20). The van der Waals surface area contributed by atoms with E-state index < -0.39 is 0 Å². The molecule has 1 amide bonds. The minimum atomic E-state index is -0.289. The van der Waals surface area contributed by atoms with E-state index in [4.69, 9.17) is 0 Å². The first-order chi connectivity index (χ1) is 10.1. The zero-order chi connectivity index (χ0) is 14.8. The van der Waals surface area contributed by atoms with Crippen molar-refractivity contribution in [2.75, 3.05) is 5.32 Å². The summed E-state index contributed by atoms with van der Waals surface area (Å²) in [5, 5.41) is 14.1. The molecule has 0 spiro atoms. The van der Waals surface area contributed by atoms with Crippen LogP contribution in [0.2, 0.25) is 0 Å². The number of carbonyl (C=O) groups excluding carboxylic acids is 1. The van der Waals surface area contributed by atoms with Gasteiger partial charge in [0.05, 0.1) is 17.5 Å². The van der Waals surface area contributed by atoms with Gasteiger partial charge in [0.2, 0.25) is 11.9 Å². The maximum atomic E-state index is 12.0. The van der Waals surface area contributed by atoms with Gasteiger partial charge in [0.1, 0.15) is 6.33 Å². The van der Waals surface area contributed by atoms with Crippen LogP contribution in [0.15, 0.2) is 35.4 Å². The molecule has 0 aliphatic heterocycles. The van der Waals surface area contributed by atoms with E-state index in [0.717, 1.165) is 0 Å². The number of carbonyl (C=O) groups is 1. The van der Waals surface area contributed by atoms with Crippen LogP contribution >= 0.6 is 0 Å². The third-order valence-corrected chi connectivity index (χ3v) is 3.03. The summed E-state index contributed by atoms with van der Waals surface area (Å²) in [7, 11) is 1.56. The molecule has 8 heteroatoms. The second kappa shape index (κ2) is 5.16. The Balaban J connectivity index is 1.95. The lowest BCUT2D eigenvalue weighted by molar-refractivity contribution is -0.115. The molecule has 2 aromatic heterocycles. The first-order valence-corrected chi connectivity index (χ1v) is 6.25. The summed E-state index contributed by atoms with van der Waals surface area (Å²) in [6, 6.07) is 7.08. The monoisotopic (exact) mass is 284 g/mol. The van der Waals surface area contributed by atoms with E-state index in [-0.39, 0.29) is 23.8 Å². The van der Waals surface area contributed by atoms with Gasteiger partial charge in [-0.25, -0.2) is 9.78 Å². The molecule has 3 aromatic rings. The summed E-state index contributed by atoms with van der Waals surface area (Å²) < 4.78 is 1.24. The second-order valence-corrected chi connectivity index (χ2v) is 4.48. The number of fused-ring (bicyclic) bond motifs is 1. The minimum Gasteiger partial charge on any atom is -0.295 e. The number of nitrogens with one attached hydrogen (secondary N) is 2. The van der Waals surface area contributed by atoms with Crippen LogP contribution in [0.5, 0.6) is 0 Å². The molecule has 2 heterocycles. The van der Waals surface area contributed by atoms with Gasteiger partial charge in [-0.1, -0.05) is 18.2 Å². The fourth-order valence-electron chi connectivity index (χ4n) is 2.10. The summed E-state index contributed by atoms with van der Waals surface area (Å²) in [5.41, 5.74) is 0.342. The van der Waals surface area contributed by atoms with Crippen LogP contribution in [0.25, 0.3) is 10.8 Å². The highest BCUT2D eigenvalue weighted by Crippen LogP contribution is 2.13. The number of hydrogen-bond donors (Lipinski definition) is 2. The number of rotatable bonds is 3. The third-order valence-electron chi connectivity index (χ3n) is 3.03. The van der Waals surface area contributed by atoms with Gasteiger partial charge in [-0.05, 0) is 6.07 Å². The second-order valence-electron chi connectivity index (χ2n) is 4.48. The molecule has 0 saturated carbocycles. The lowest BCUT2D eigenvalue weighted by Crippen LogP contribution is -2.24. The highest BCUT2D eigenvalue weighted by molar-refractivity contribution is 5.94. The normalized spacial score (nSPS) is 10.7. The molecule has 0 saturated heterocycles. The Bertz CT molecular complexity index is 853. The molecule has 0 bridgehead atoms. The highest BCUT2D eigenvalue weighted by atomic mass is 16.2. The number of anilines is 1. The fraction of sp³-hybridized carbons (Fsp3) is 0.154. The van der Waals surface area contributed by atoms with Gasteiger partial charge in [-0.2, -0.15) is 15.2 Å². The number of nitrogens with zero attached hydrogens (tertiary/aromatic N) is 4. The van der Waals surface area contributed by atoms with Crippen molar-refractivity contribution in [3.05, 3.63) is 46.6 Å². The Labute approximate surface area is 118 Å². The van der Waals surface area contributed by atoms with Crippen molar-refractivity contribution in [3.8, 4) is 0 Å². The van der Waals surface area contributed by atoms with Crippen molar-refractivity contribution < 1.29 is 4.79 Å². The quantitative estimate of drug-likeness (QED) is 0.716. The third kappa shape index (κ3) is 2.50. The summed E-state index contributed by atoms with van der Waals surface area (Å²) in [6.45, 7) is 0. The van der Waals surface area contributed by atoms with Crippen LogP contribution < -0.4 is 10.9 Å². The fourth-order valence-corrected chi connectivity index (χ4v) is 2.10. The van der Waals surface area contributed by atoms with E-state index in [2.05, 4.69) is 25.6 Å². The number of amides is 1. The first-order valence-electron chi connectivity index (χ1n) is 6.25.